The predicted molar refractivity (Wildman–Crippen MR) is 80.6 cm³/mol. The van der Waals surface area contributed by atoms with E-state index in [9.17, 15) is 10.1 Å². The minimum Gasteiger partial charge on any atom is -0.310 e. The van der Waals surface area contributed by atoms with E-state index >= 15 is 0 Å². The summed E-state index contributed by atoms with van der Waals surface area (Å²) in [5, 5.41) is 14.6. The molecule has 108 valence electrons. The van der Waals surface area contributed by atoms with E-state index in [1.807, 2.05) is 6.07 Å². The van der Waals surface area contributed by atoms with Gasteiger partial charge in [-0.15, -0.1) is 0 Å². The number of hydrogen-bond acceptors (Lipinski definition) is 4. The average molecular weight is 340 g/mol. The highest BCUT2D eigenvalue weighted by molar-refractivity contribution is 9.10. The molecule has 0 spiro atoms. The van der Waals surface area contributed by atoms with Gasteiger partial charge in [-0.3, -0.25) is 15.0 Å². The monoisotopic (exact) mass is 339 g/mol. The fraction of sp³-hybridized carbons (Fsp3) is 0.571. The number of halogens is 1. The first-order chi connectivity index (χ1) is 9.63. The lowest BCUT2D eigenvalue weighted by Gasteiger charge is -2.24. The number of nitro groups is 1. The van der Waals surface area contributed by atoms with Crippen LogP contribution >= 0.6 is 15.9 Å². The zero-order valence-corrected chi connectivity index (χ0v) is 12.8. The molecular weight excluding hydrogens is 322 g/mol. The fourth-order valence-electron chi connectivity index (χ4n) is 3.23. The average Bonchev–Trinajstić information content (AvgIpc) is 2.74. The topological polar surface area (TPSA) is 58.4 Å². The number of rotatable bonds is 3. The minimum atomic E-state index is -0.334. The van der Waals surface area contributed by atoms with Crippen LogP contribution in [-0.2, 0) is 6.54 Å². The molecular formula is C14H18BrN3O2. The van der Waals surface area contributed by atoms with E-state index in [1.165, 1.54) is 19.3 Å². The van der Waals surface area contributed by atoms with Crippen LogP contribution in [0.25, 0.3) is 0 Å². The Kier molecular flexibility index (Phi) is 4.05. The second-order valence-electron chi connectivity index (χ2n) is 5.67. The first-order valence-corrected chi connectivity index (χ1v) is 7.83. The number of nitro benzene ring substituents is 1. The van der Waals surface area contributed by atoms with Gasteiger partial charge in [-0.05, 0) is 40.8 Å². The Morgan fingerprint density at radius 3 is 2.95 bits per heavy atom. The van der Waals surface area contributed by atoms with E-state index in [4.69, 9.17) is 0 Å². The molecule has 20 heavy (non-hydrogen) atoms. The third kappa shape index (κ3) is 2.87. The number of likely N-dealkylation sites (tertiary alicyclic amines) is 1. The summed E-state index contributed by atoms with van der Waals surface area (Å²) in [4.78, 5) is 13.0. The summed E-state index contributed by atoms with van der Waals surface area (Å²) in [5.41, 5.74) is 1.15. The first-order valence-electron chi connectivity index (χ1n) is 7.03. The highest BCUT2D eigenvalue weighted by Gasteiger charge is 2.29. The molecule has 2 saturated heterocycles. The summed E-state index contributed by atoms with van der Waals surface area (Å²) in [6, 6.07) is 6.52. The van der Waals surface area contributed by atoms with Gasteiger partial charge in [-0.2, -0.15) is 0 Å². The van der Waals surface area contributed by atoms with Gasteiger partial charge < -0.3 is 5.32 Å². The van der Waals surface area contributed by atoms with E-state index < -0.39 is 0 Å². The molecule has 2 aliphatic heterocycles. The normalized spacial score (nSPS) is 26.4. The summed E-state index contributed by atoms with van der Waals surface area (Å²) in [6.45, 7) is 2.86. The van der Waals surface area contributed by atoms with Gasteiger partial charge in [0.05, 0.1) is 9.40 Å². The van der Waals surface area contributed by atoms with Gasteiger partial charge >= 0.3 is 0 Å². The summed E-state index contributed by atoms with van der Waals surface area (Å²) < 4.78 is 0.618. The van der Waals surface area contributed by atoms with E-state index in [1.54, 1.807) is 12.1 Å². The molecule has 2 atom stereocenters. The Balaban J connectivity index is 1.74. The zero-order chi connectivity index (χ0) is 14.1. The van der Waals surface area contributed by atoms with E-state index in [0.29, 0.717) is 16.6 Å². The molecule has 2 fully saturated rings. The number of hydrogen-bond donors (Lipinski definition) is 1. The molecule has 0 aromatic heterocycles. The number of fused-ring (bicyclic) bond motifs is 2. The highest BCUT2D eigenvalue weighted by Crippen LogP contribution is 2.30. The molecule has 2 heterocycles. The van der Waals surface area contributed by atoms with Crippen molar-refractivity contribution in [2.75, 3.05) is 13.1 Å². The molecule has 0 aliphatic carbocycles. The van der Waals surface area contributed by atoms with Crippen molar-refractivity contribution >= 4 is 21.6 Å². The van der Waals surface area contributed by atoms with Crippen molar-refractivity contribution in [2.24, 2.45) is 0 Å². The van der Waals surface area contributed by atoms with Gasteiger partial charge in [-0.25, -0.2) is 0 Å². The van der Waals surface area contributed by atoms with Crippen molar-refractivity contribution in [1.29, 1.82) is 0 Å². The zero-order valence-electron chi connectivity index (χ0n) is 11.2. The fourth-order valence-corrected chi connectivity index (χ4v) is 3.76. The molecule has 2 aliphatic rings. The Morgan fingerprint density at radius 1 is 1.35 bits per heavy atom. The number of nitrogens with zero attached hydrogens (tertiary/aromatic N) is 2. The lowest BCUT2D eigenvalue weighted by Crippen LogP contribution is -2.35. The molecule has 1 aromatic carbocycles. The molecule has 0 amide bonds. The van der Waals surface area contributed by atoms with E-state index in [-0.39, 0.29) is 10.6 Å². The predicted octanol–water partition coefficient (Wildman–Crippen LogP) is 2.68. The van der Waals surface area contributed by atoms with Crippen LogP contribution in [0.1, 0.15) is 24.8 Å². The van der Waals surface area contributed by atoms with Gasteiger partial charge in [0.2, 0.25) is 0 Å². The Morgan fingerprint density at radius 2 is 2.15 bits per heavy atom. The summed E-state index contributed by atoms with van der Waals surface area (Å²) in [7, 11) is 0. The molecule has 1 aromatic rings. The smallest absolute Gasteiger partial charge is 0.283 e. The number of benzene rings is 1. The van der Waals surface area contributed by atoms with Crippen molar-refractivity contribution in [3.8, 4) is 0 Å². The molecule has 3 rings (SSSR count). The van der Waals surface area contributed by atoms with Crippen LogP contribution in [0.2, 0.25) is 0 Å². The van der Waals surface area contributed by atoms with Gasteiger partial charge in [0, 0.05) is 37.8 Å². The van der Waals surface area contributed by atoms with Crippen LogP contribution in [-0.4, -0.2) is 35.0 Å². The van der Waals surface area contributed by atoms with E-state index in [0.717, 1.165) is 25.2 Å². The van der Waals surface area contributed by atoms with Gasteiger partial charge in [0.25, 0.3) is 5.69 Å². The standard InChI is InChI=1S/C14H18BrN3O2/c15-14-10(2-1-3-13(14)18(19)20)8-17-7-6-11-4-5-12(9-17)16-11/h1-3,11-12,16H,4-9H2. The van der Waals surface area contributed by atoms with Crippen LogP contribution in [0.5, 0.6) is 0 Å². The quantitative estimate of drug-likeness (QED) is 0.679. The van der Waals surface area contributed by atoms with Crippen molar-refractivity contribution in [3.05, 3.63) is 38.3 Å². The summed E-state index contributed by atoms with van der Waals surface area (Å²) in [6.07, 6.45) is 3.71. The van der Waals surface area contributed by atoms with Crippen LogP contribution in [0.15, 0.2) is 22.7 Å². The molecule has 1 N–H and O–H groups in total. The third-order valence-corrected chi connectivity index (χ3v) is 5.17. The molecule has 6 heteroatoms. The molecule has 2 bridgehead atoms. The van der Waals surface area contributed by atoms with Crippen molar-refractivity contribution in [1.82, 2.24) is 10.2 Å². The second-order valence-corrected chi connectivity index (χ2v) is 6.46. The lowest BCUT2D eigenvalue weighted by molar-refractivity contribution is -0.385. The molecule has 0 saturated carbocycles. The van der Waals surface area contributed by atoms with Crippen LogP contribution < -0.4 is 5.32 Å². The highest BCUT2D eigenvalue weighted by atomic mass is 79.9. The maximum atomic E-state index is 11.0. The maximum absolute atomic E-state index is 11.0. The second kappa shape index (κ2) is 5.79. The SMILES string of the molecule is O=[N+]([O-])c1cccc(CN2CCC3CCC(C2)N3)c1Br. The summed E-state index contributed by atoms with van der Waals surface area (Å²) in [5.74, 6) is 0. The molecule has 2 unspecified atom stereocenters. The van der Waals surface area contributed by atoms with Gasteiger partial charge in [0.1, 0.15) is 0 Å². The molecule has 5 nitrogen and oxygen atoms in total. The van der Waals surface area contributed by atoms with Crippen LogP contribution in [0, 0.1) is 10.1 Å². The van der Waals surface area contributed by atoms with Crippen LogP contribution in [0.4, 0.5) is 5.69 Å². The van der Waals surface area contributed by atoms with Gasteiger partial charge in [0.15, 0.2) is 0 Å². The minimum absolute atomic E-state index is 0.150. The van der Waals surface area contributed by atoms with Crippen molar-refractivity contribution < 1.29 is 4.92 Å². The third-order valence-electron chi connectivity index (χ3n) is 4.26. The molecule has 0 radical (unpaired) electrons. The van der Waals surface area contributed by atoms with Crippen molar-refractivity contribution in [2.45, 2.75) is 37.9 Å². The van der Waals surface area contributed by atoms with Gasteiger partial charge in [-0.1, -0.05) is 12.1 Å². The Labute approximate surface area is 126 Å². The van der Waals surface area contributed by atoms with Crippen molar-refractivity contribution in [3.63, 3.8) is 0 Å². The lowest BCUT2D eigenvalue weighted by atomic mass is 10.1. The Bertz CT molecular complexity index is 523. The summed E-state index contributed by atoms with van der Waals surface area (Å²) >= 11 is 3.39. The first kappa shape index (κ1) is 14.0. The maximum Gasteiger partial charge on any atom is 0.283 e. The Hall–Kier alpha value is -0.980. The largest absolute Gasteiger partial charge is 0.310 e. The van der Waals surface area contributed by atoms with E-state index in [2.05, 4.69) is 26.1 Å². The van der Waals surface area contributed by atoms with Crippen LogP contribution in [0.3, 0.4) is 0 Å². The number of nitrogens with one attached hydrogen (secondary N) is 1.